The lowest BCUT2D eigenvalue weighted by molar-refractivity contribution is 0.237. The number of nitrogens with zero attached hydrogens (tertiary/aromatic N) is 1. The average molecular weight is 286 g/mol. The zero-order valence-corrected chi connectivity index (χ0v) is 13.0. The summed E-state index contributed by atoms with van der Waals surface area (Å²) in [4.78, 5) is 2.41. The van der Waals surface area contributed by atoms with Crippen molar-refractivity contribution in [3.05, 3.63) is 11.6 Å². The lowest BCUT2D eigenvalue weighted by atomic mass is 9.80. The van der Waals surface area contributed by atoms with E-state index < -0.39 is 10.0 Å². The Kier molecular flexibility index (Phi) is 4.69. The minimum Gasteiger partial charge on any atom is -0.301 e. The van der Waals surface area contributed by atoms with E-state index in [9.17, 15) is 8.42 Å². The fourth-order valence-corrected chi connectivity index (χ4v) is 4.17. The van der Waals surface area contributed by atoms with Crippen LogP contribution < -0.4 is 4.72 Å². The second-order valence-electron chi connectivity index (χ2n) is 6.24. The maximum Gasteiger partial charge on any atom is 0.208 e. The van der Waals surface area contributed by atoms with Gasteiger partial charge < -0.3 is 4.90 Å². The van der Waals surface area contributed by atoms with E-state index in [1.54, 1.807) is 0 Å². The highest BCUT2D eigenvalue weighted by atomic mass is 32.2. The van der Waals surface area contributed by atoms with Crippen LogP contribution in [0.5, 0.6) is 0 Å². The molecule has 1 aliphatic heterocycles. The molecule has 0 aromatic carbocycles. The third kappa shape index (κ3) is 4.29. The van der Waals surface area contributed by atoms with Crippen LogP contribution in [-0.2, 0) is 10.0 Å². The third-order valence-corrected chi connectivity index (χ3v) is 5.23. The number of hydrogen-bond donors (Lipinski definition) is 1. The third-order valence-electron chi connectivity index (χ3n) is 4.47. The topological polar surface area (TPSA) is 49.4 Å². The van der Waals surface area contributed by atoms with Crippen LogP contribution in [0.3, 0.4) is 0 Å². The van der Waals surface area contributed by atoms with Gasteiger partial charge in [-0.05, 0) is 44.6 Å². The molecular formula is C14H26N2O2S. The van der Waals surface area contributed by atoms with E-state index in [2.05, 4.69) is 29.5 Å². The van der Waals surface area contributed by atoms with Gasteiger partial charge in [0.1, 0.15) is 0 Å². The van der Waals surface area contributed by atoms with Gasteiger partial charge in [-0.15, -0.1) is 0 Å². The molecule has 2 aliphatic rings. The van der Waals surface area contributed by atoms with Crippen LogP contribution in [-0.4, -0.2) is 45.2 Å². The fourth-order valence-electron chi connectivity index (χ4n) is 3.37. The Morgan fingerprint density at radius 1 is 1.42 bits per heavy atom. The molecule has 1 N–H and O–H groups in total. The summed E-state index contributed by atoms with van der Waals surface area (Å²) in [6.07, 6.45) is 7.03. The molecule has 0 bridgehead atoms. The number of likely N-dealkylation sites (tertiary alicyclic amines) is 1. The van der Waals surface area contributed by atoms with Crippen LogP contribution in [0, 0.1) is 11.8 Å². The highest BCUT2D eigenvalue weighted by Crippen LogP contribution is 2.31. The number of nitrogens with one attached hydrogen (secondary N) is 1. The molecule has 19 heavy (non-hydrogen) atoms. The monoisotopic (exact) mass is 286 g/mol. The maximum atomic E-state index is 11.2. The van der Waals surface area contributed by atoms with Gasteiger partial charge in [0.15, 0.2) is 0 Å². The van der Waals surface area contributed by atoms with Crippen LogP contribution in [0.1, 0.15) is 33.1 Å². The van der Waals surface area contributed by atoms with Crippen molar-refractivity contribution >= 4 is 10.0 Å². The van der Waals surface area contributed by atoms with Crippen molar-refractivity contribution in [2.45, 2.75) is 39.2 Å². The number of hydrogen-bond acceptors (Lipinski definition) is 3. The molecule has 1 aliphatic carbocycles. The summed E-state index contributed by atoms with van der Waals surface area (Å²) in [5.74, 6) is 1.39. The van der Waals surface area contributed by atoms with Crippen molar-refractivity contribution < 1.29 is 8.42 Å². The standard InChI is InChI=1S/C14H26N2O2S/c1-11-5-4-6-12(2)14(11)10-16-8-7-13(9-16)15-19(3,17)18/h5,12-15H,4,6-10H2,1-3H3/t12-,13+,14+/m0/s1. The zero-order valence-electron chi connectivity index (χ0n) is 12.2. The molecule has 0 saturated carbocycles. The molecule has 0 spiro atoms. The van der Waals surface area contributed by atoms with E-state index in [0.29, 0.717) is 5.92 Å². The van der Waals surface area contributed by atoms with E-state index in [0.717, 1.165) is 32.0 Å². The van der Waals surface area contributed by atoms with Gasteiger partial charge in [0, 0.05) is 19.1 Å². The van der Waals surface area contributed by atoms with E-state index in [1.807, 2.05) is 0 Å². The molecule has 4 nitrogen and oxygen atoms in total. The maximum absolute atomic E-state index is 11.2. The Bertz CT molecular complexity index is 444. The summed E-state index contributed by atoms with van der Waals surface area (Å²) in [6, 6.07) is 0.0955. The Morgan fingerprint density at radius 3 is 2.79 bits per heavy atom. The lowest BCUT2D eigenvalue weighted by Crippen LogP contribution is -2.38. The first-order chi connectivity index (χ1) is 8.85. The predicted molar refractivity (Wildman–Crippen MR) is 78.5 cm³/mol. The number of sulfonamides is 1. The van der Waals surface area contributed by atoms with Crippen molar-refractivity contribution in [3.63, 3.8) is 0 Å². The highest BCUT2D eigenvalue weighted by molar-refractivity contribution is 7.88. The Morgan fingerprint density at radius 2 is 2.16 bits per heavy atom. The number of rotatable bonds is 4. The Balaban J connectivity index is 1.88. The summed E-state index contributed by atoms with van der Waals surface area (Å²) < 4.78 is 25.2. The van der Waals surface area contributed by atoms with Crippen molar-refractivity contribution in [2.24, 2.45) is 11.8 Å². The second kappa shape index (κ2) is 5.94. The van der Waals surface area contributed by atoms with Gasteiger partial charge in [0.25, 0.3) is 0 Å². The molecular weight excluding hydrogens is 260 g/mol. The molecule has 0 radical (unpaired) electrons. The van der Waals surface area contributed by atoms with Gasteiger partial charge in [-0.2, -0.15) is 0 Å². The van der Waals surface area contributed by atoms with Gasteiger partial charge in [-0.1, -0.05) is 18.6 Å². The van der Waals surface area contributed by atoms with E-state index in [-0.39, 0.29) is 6.04 Å². The Hall–Kier alpha value is -0.390. The summed E-state index contributed by atoms with van der Waals surface area (Å²) in [7, 11) is -3.07. The summed E-state index contributed by atoms with van der Waals surface area (Å²) >= 11 is 0. The smallest absolute Gasteiger partial charge is 0.208 e. The van der Waals surface area contributed by atoms with Crippen molar-refractivity contribution in [1.29, 1.82) is 0 Å². The van der Waals surface area contributed by atoms with Gasteiger partial charge in [0.2, 0.25) is 10.0 Å². The average Bonchev–Trinajstić information content (AvgIpc) is 2.69. The minimum absolute atomic E-state index is 0.0955. The molecule has 0 aromatic rings. The molecule has 0 amide bonds. The van der Waals surface area contributed by atoms with Gasteiger partial charge in [-0.3, -0.25) is 0 Å². The molecule has 2 rings (SSSR count). The largest absolute Gasteiger partial charge is 0.301 e. The molecule has 1 saturated heterocycles. The fraction of sp³-hybridized carbons (Fsp3) is 0.857. The zero-order chi connectivity index (χ0) is 14.0. The molecule has 0 aromatic heterocycles. The number of allylic oxidation sites excluding steroid dienone is 1. The van der Waals surface area contributed by atoms with Crippen molar-refractivity contribution in [1.82, 2.24) is 9.62 Å². The van der Waals surface area contributed by atoms with E-state index in [1.165, 1.54) is 24.7 Å². The van der Waals surface area contributed by atoms with E-state index >= 15 is 0 Å². The van der Waals surface area contributed by atoms with Crippen molar-refractivity contribution in [3.8, 4) is 0 Å². The van der Waals surface area contributed by atoms with Crippen LogP contribution >= 0.6 is 0 Å². The molecule has 1 heterocycles. The first-order valence-electron chi connectivity index (χ1n) is 7.21. The Labute approximate surface area is 117 Å². The van der Waals surface area contributed by atoms with Crippen LogP contribution in [0.4, 0.5) is 0 Å². The van der Waals surface area contributed by atoms with Crippen molar-refractivity contribution in [2.75, 3.05) is 25.9 Å². The highest BCUT2D eigenvalue weighted by Gasteiger charge is 2.29. The van der Waals surface area contributed by atoms with Crippen LogP contribution in [0.15, 0.2) is 11.6 Å². The van der Waals surface area contributed by atoms with E-state index in [4.69, 9.17) is 0 Å². The quantitative estimate of drug-likeness (QED) is 0.799. The SMILES string of the molecule is CC1=CCC[C@H](C)[C@@H]1CN1CC[C@@H](NS(C)(=O)=O)C1. The van der Waals surface area contributed by atoms with Crippen LogP contribution in [0.2, 0.25) is 0 Å². The predicted octanol–water partition coefficient (Wildman–Crippen LogP) is 1.60. The van der Waals surface area contributed by atoms with Gasteiger partial charge in [-0.25, -0.2) is 13.1 Å². The summed E-state index contributed by atoms with van der Waals surface area (Å²) in [6.45, 7) is 7.50. The summed E-state index contributed by atoms with van der Waals surface area (Å²) in [5, 5.41) is 0. The summed E-state index contributed by atoms with van der Waals surface area (Å²) in [5.41, 5.74) is 1.51. The molecule has 1 fully saturated rings. The first-order valence-corrected chi connectivity index (χ1v) is 9.10. The molecule has 5 heteroatoms. The van der Waals surface area contributed by atoms with Gasteiger partial charge in [0.05, 0.1) is 6.26 Å². The molecule has 3 atom stereocenters. The van der Waals surface area contributed by atoms with Gasteiger partial charge >= 0.3 is 0 Å². The lowest BCUT2D eigenvalue weighted by Gasteiger charge is -2.32. The second-order valence-corrected chi connectivity index (χ2v) is 8.02. The molecule has 110 valence electrons. The molecule has 0 unspecified atom stereocenters. The minimum atomic E-state index is -3.07. The normalized spacial score (nSPS) is 33.4. The first kappa shape index (κ1) is 15.0. The van der Waals surface area contributed by atoms with Crippen LogP contribution in [0.25, 0.3) is 0 Å².